The zero-order valence-electron chi connectivity index (χ0n) is 13.9. The molecular formula is C15H30N3O4+. The van der Waals surface area contributed by atoms with Crippen molar-refractivity contribution in [3.8, 4) is 0 Å². The number of nitrogens with one attached hydrogen (secondary N) is 3. The second-order valence-electron chi connectivity index (χ2n) is 5.75. The number of quaternary nitrogens is 1. The van der Waals surface area contributed by atoms with Crippen LogP contribution in [0.3, 0.4) is 0 Å². The largest absolute Gasteiger partial charge is 0.467 e. The standard InChI is InChI=1S/C15H29N3O4/c1-4-12(2)13(14(19)21-3)17-15(20)16-6-5-7-18-8-10-22-11-9-18/h12-13H,4-11H2,1-3H3,(H2,16,17,20)/p+1/t12-,13+/m1/s1. The van der Waals surface area contributed by atoms with Gasteiger partial charge in [-0.15, -0.1) is 0 Å². The number of amides is 2. The number of morpholine rings is 1. The van der Waals surface area contributed by atoms with E-state index in [1.54, 1.807) is 0 Å². The van der Waals surface area contributed by atoms with Crippen molar-refractivity contribution in [1.29, 1.82) is 0 Å². The van der Waals surface area contributed by atoms with Crippen molar-refractivity contribution in [2.75, 3.05) is 46.5 Å². The Morgan fingerprint density at radius 2 is 2.00 bits per heavy atom. The quantitative estimate of drug-likeness (QED) is 0.404. The molecule has 0 aromatic rings. The lowest BCUT2D eigenvalue weighted by atomic mass is 9.99. The van der Waals surface area contributed by atoms with Gasteiger partial charge < -0.3 is 25.0 Å². The maximum Gasteiger partial charge on any atom is 0.328 e. The summed E-state index contributed by atoms with van der Waals surface area (Å²) in [4.78, 5) is 25.1. The fourth-order valence-corrected chi connectivity index (χ4v) is 2.44. The van der Waals surface area contributed by atoms with Crippen molar-refractivity contribution in [3.05, 3.63) is 0 Å². The van der Waals surface area contributed by atoms with Crippen molar-refractivity contribution >= 4 is 12.0 Å². The van der Waals surface area contributed by atoms with E-state index >= 15 is 0 Å². The number of methoxy groups -OCH3 is 1. The number of carbonyl (C=O) groups excluding carboxylic acids is 2. The smallest absolute Gasteiger partial charge is 0.328 e. The van der Waals surface area contributed by atoms with Crippen molar-refractivity contribution in [2.45, 2.75) is 32.7 Å². The molecule has 1 rings (SSSR count). The summed E-state index contributed by atoms with van der Waals surface area (Å²) >= 11 is 0. The van der Waals surface area contributed by atoms with Gasteiger partial charge in [0.05, 0.1) is 26.9 Å². The fourth-order valence-electron chi connectivity index (χ4n) is 2.44. The van der Waals surface area contributed by atoms with Crippen LogP contribution < -0.4 is 15.5 Å². The molecule has 0 aliphatic carbocycles. The van der Waals surface area contributed by atoms with E-state index in [2.05, 4.69) is 10.6 Å². The number of urea groups is 1. The lowest BCUT2D eigenvalue weighted by molar-refractivity contribution is -0.908. The molecule has 22 heavy (non-hydrogen) atoms. The number of carbonyl (C=O) groups is 2. The summed E-state index contributed by atoms with van der Waals surface area (Å²) < 4.78 is 10.1. The summed E-state index contributed by atoms with van der Waals surface area (Å²) in [5.74, 6) is -0.363. The molecule has 1 heterocycles. The van der Waals surface area contributed by atoms with E-state index in [1.165, 1.54) is 12.0 Å². The Bertz CT molecular complexity index is 346. The van der Waals surface area contributed by atoms with Gasteiger partial charge in [0.1, 0.15) is 19.1 Å². The van der Waals surface area contributed by atoms with Crippen LogP contribution in [0.1, 0.15) is 26.7 Å². The number of hydrogen-bond acceptors (Lipinski definition) is 4. The molecule has 1 saturated heterocycles. The third-order valence-corrected chi connectivity index (χ3v) is 4.15. The number of esters is 1. The van der Waals surface area contributed by atoms with Gasteiger partial charge in [-0.1, -0.05) is 20.3 Å². The Hall–Kier alpha value is -1.34. The SMILES string of the molecule is CC[C@@H](C)[C@H](NC(=O)NCCC[NH+]1CCOCC1)C(=O)OC. The van der Waals surface area contributed by atoms with E-state index in [-0.39, 0.29) is 11.9 Å². The molecule has 0 bridgehead atoms. The van der Waals surface area contributed by atoms with E-state index in [0.717, 1.165) is 45.7 Å². The lowest BCUT2D eigenvalue weighted by Gasteiger charge is -2.24. The molecule has 1 aliphatic rings. The molecular weight excluding hydrogens is 286 g/mol. The molecule has 0 radical (unpaired) electrons. The fraction of sp³-hybridized carbons (Fsp3) is 0.867. The molecule has 0 aromatic heterocycles. The molecule has 7 heteroatoms. The van der Waals surface area contributed by atoms with Crippen LogP contribution in [-0.4, -0.2) is 64.5 Å². The molecule has 128 valence electrons. The van der Waals surface area contributed by atoms with E-state index in [1.807, 2.05) is 13.8 Å². The lowest BCUT2D eigenvalue weighted by Crippen LogP contribution is -3.14. The van der Waals surface area contributed by atoms with E-state index < -0.39 is 12.0 Å². The zero-order valence-corrected chi connectivity index (χ0v) is 13.9. The first kappa shape index (κ1) is 18.7. The number of rotatable bonds is 8. The van der Waals surface area contributed by atoms with Crippen LogP contribution in [0.5, 0.6) is 0 Å². The summed E-state index contributed by atoms with van der Waals surface area (Å²) in [6.45, 7) is 9.22. The number of hydrogen-bond donors (Lipinski definition) is 3. The van der Waals surface area contributed by atoms with Crippen molar-refractivity contribution in [2.24, 2.45) is 5.92 Å². The van der Waals surface area contributed by atoms with Crippen LogP contribution in [0.4, 0.5) is 4.79 Å². The highest BCUT2D eigenvalue weighted by Gasteiger charge is 2.26. The minimum Gasteiger partial charge on any atom is -0.467 e. The summed E-state index contributed by atoms with van der Waals surface area (Å²) in [6.07, 6.45) is 1.70. The first-order valence-corrected chi connectivity index (χ1v) is 8.12. The molecule has 2 atom stereocenters. The maximum absolute atomic E-state index is 11.9. The summed E-state index contributed by atoms with van der Waals surface area (Å²) in [7, 11) is 1.34. The van der Waals surface area contributed by atoms with Crippen molar-refractivity contribution < 1.29 is 24.0 Å². The minimum absolute atomic E-state index is 0.0380. The first-order valence-electron chi connectivity index (χ1n) is 8.12. The highest BCUT2D eigenvalue weighted by Crippen LogP contribution is 2.08. The van der Waals surface area contributed by atoms with Crippen LogP contribution >= 0.6 is 0 Å². The molecule has 1 fully saturated rings. The van der Waals surface area contributed by atoms with Crippen molar-refractivity contribution in [1.82, 2.24) is 10.6 Å². The average Bonchev–Trinajstić information content (AvgIpc) is 2.56. The molecule has 1 aliphatic heterocycles. The van der Waals surface area contributed by atoms with E-state index in [0.29, 0.717) is 6.54 Å². The van der Waals surface area contributed by atoms with Gasteiger partial charge in [0.15, 0.2) is 0 Å². The Morgan fingerprint density at radius 3 is 2.59 bits per heavy atom. The van der Waals surface area contributed by atoms with Gasteiger partial charge in [-0.05, 0) is 5.92 Å². The Kier molecular flexibility index (Phi) is 8.84. The van der Waals surface area contributed by atoms with Crippen LogP contribution in [0.2, 0.25) is 0 Å². The Balaban J connectivity index is 2.23. The summed E-state index contributed by atoms with van der Waals surface area (Å²) in [5, 5.41) is 5.51. The Morgan fingerprint density at radius 1 is 1.32 bits per heavy atom. The Labute approximate surface area is 132 Å². The monoisotopic (exact) mass is 316 g/mol. The second kappa shape index (κ2) is 10.4. The van der Waals surface area contributed by atoms with Crippen LogP contribution in [0.15, 0.2) is 0 Å². The third kappa shape index (κ3) is 6.62. The first-order chi connectivity index (χ1) is 10.6. The molecule has 0 saturated carbocycles. The highest BCUT2D eigenvalue weighted by atomic mass is 16.5. The van der Waals surface area contributed by atoms with Gasteiger partial charge in [-0.2, -0.15) is 0 Å². The van der Waals surface area contributed by atoms with Gasteiger partial charge in [-0.25, -0.2) is 9.59 Å². The predicted molar refractivity (Wildman–Crippen MR) is 82.8 cm³/mol. The van der Waals surface area contributed by atoms with Crippen molar-refractivity contribution in [3.63, 3.8) is 0 Å². The number of ether oxygens (including phenoxy) is 2. The van der Waals surface area contributed by atoms with Gasteiger partial charge >= 0.3 is 12.0 Å². The van der Waals surface area contributed by atoms with E-state index in [4.69, 9.17) is 9.47 Å². The predicted octanol–water partition coefficient (Wildman–Crippen LogP) is -0.821. The summed E-state index contributed by atoms with van der Waals surface area (Å²) in [5.41, 5.74) is 0. The maximum atomic E-state index is 11.9. The molecule has 0 aromatic carbocycles. The van der Waals surface area contributed by atoms with Crippen LogP contribution in [0, 0.1) is 5.92 Å². The van der Waals surface area contributed by atoms with Gasteiger partial charge in [0.25, 0.3) is 0 Å². The second-order valence-corrected chi connectivity index (χ2v) is 5.75. The molecule has 2 amide bonds. The highest BCUT2D eigenvalue weighted by molar-refractivity contribution is 5.83. The van der Waals surface area contributed by atoms with Gasteiger partial charge in [0, 0.05) is 13.0 Å². The molecule has 0 spiro atoms. The van der Waals surface area contributed by atoms with Crippen LogP contribution in [-0.2, 0) is 14.3 Å². The van der Waals surface area contributed by atoms with E-state index in [9.17, 15) is 9.59 Å². The molecule has 3 N–H and O–H groups in total. The molecule has 0 unspecified atom stereocenters. The average molecular weight is 316 g/mol. The van der Waals surface area contributed by atoms with Crippen LogP contribution in [0.25, 0.3) is 0 Å². The zero-order chi connectivity index (χ0) is 16.4. The topological polar surface area (TPSA) is 81.1 Å². The normalized spacial score (nSPS) is 18.3. The molecule has 7 nitrogen and oxygen atoms in total. The van der Waals surface area contributed by atoms with Gasteiger partial charge in [-0.3, -0.25) is 0 Å². The van der Waals surface area contributed by atoms with Gasteiger partial charge in [0.2, 0.25) is 0 Å². The minimum atomic E-state index is -0.597. The third-order valence-electron chi connectivity index (χ3n) is 4.15. The summed E-state index contributed by atoms with van der Waals surface area (Å²) in [6, 6.07) is -0.910.